The van der Waals surface area contributed by atoms with Gasteiger partial charge in [0.15, 0.2) is 0 Å². The van der Waals surface area contributed by atoms with Gasteiger partial charge in [-0.15, -0.1) is 0 Å². The van der Waals surface area contributed by atoms with Gasteiger partial charge in [0.25, 0.3) is 0 Å². The summed E-state index contributed by atoms with van der Waals surface area (Å²) in [6.07, 6.45) is 1.87. The van der Waals surface area contributed by atoms with Crippen molar-refractivity contribution >= 4 is 0 Å². The Balaban J connectivity index is 3.35. The van der Waals surface area contributed by atoms with Gasteiger partial charge in [-0.05, 0) is 36.0 Å². The summed E-state index contributed by atoms with van der Waals surface area (Å²) in [5, 5.41) is 0. The summed E-state index contributed by atoms with van der Waals surface area (Å²) >= 11 is 0. The Morgan fingerprint density at radius 1 is 1.07 bits per heavy atom. The van der Waals surface area contributed by atoms with E-state index < -0.39 is 0 Å². The molecule has 2 heteroatoms. The van der Waals surface area contributed by atoms with E-state index in [1.807, 2.05) is 13.1 Å². The van der Waals surface area contributed by atoms with Crippen LogP contribution in [0, 0.1) is 0 Å². The fourth-order valence-electron chi connectivity index (χ4n) is 2.00. The molecule has 0 radical (unpaired) electrons. The maximum Gasteiger partial charge on any atom is 0.0605 e. The van der Waals surface area contributed by atoms with E-state index in [1.54, 1.807) is 0 Å². The predicted octanol–water partition coefficient (Wildman–Crippen LogP) is 3.35. The fraction of sp³-hybridized carbons (Fsp3) is 0.615. The van der Waals surface area contributed by atoms with Crippen LogP contribution in [0.3, 0.4) is 0 Å². The molecular weight excluding hydrogens is 184 g/mol. The van der Waals surface area contributed by atoms with Crippen molar-refractivity contribution in [2.75, 3.05) is 0 Å². The molecule has 0 aliphatic carbocycles. The third-order valence-electron chi connectivity index (χ3n) is 2.69. The summed E-state index contributed by atoms with van der Waals surface area (Å²) in [7, 11) is 0. The van der Waals surface area contributed by atoms with Gasteiger partial charge in [-0.2, -0.15) is 0 Å². The number of nitrogens with zero attached hydrogens (tertiary/aromatic N) is 1. The quantitative estimate of drug-likeness (QED) is 0.823. The van der Waals surface area contributed by atoms with Gasteiger partial charge in [-0.25, -0.2) is 0 Å². The second kappa shape index (κ2) is 4.75. The van der Waals surface area contributed by atoms with Crippen LogP contribution in [0.1, 0.15) is 69.3 Å². The number of pyridine rings is 1. The molecule has 1 heterocycles. The third kappa shape index (κ3) is 2.57. The van der Waals surface area contributed by atoms with Crippen molar-refractivity contribution in [3.8, 4) is 0 Å². The number of rotatable bonds is 3. The van der Waals surface area contributed by atoms with E-state index in [2.05, 4.69) is 38.7 Å². The van der Waals surface area contributed by atoms with Crippen molar-refractivity contribution in [3.63, 3.8) is 0 Å². The normalized spacial score (nSPS) is 13.6. The Kier molecular flexibility index (Phi) is 3.86. The zero-order chi connectivity index (χ0) is 11.6. The number of hydrogen-bond acceptors (Lipinski definition) is 2. The number of nitrogens with two attached hydrogens (primary N) is 1. The first-order chi connectivity index (χ1) is 6.95. The zero-order valence-electron chi connectivity index (χ0n) is 10.4. The van der Waals surface area contributed by atoms with Crippen LogP contribution in [0.5, 0.6) is 0 Å². The van der Waals surface area contributed by atoms with E-state index in [1.165, 1.54) is 11.1 Å². The number of hydrogen-bond donors (Lipinski definition) is 1. The van der Waals surface area contributed by atoms with Crippen molar-refractivity contribution in [1.29, 1.82) is 0 Å². The second-order valence-corrected chi connectivity index (χ2v) is 4.80. The lowest BCUT2D eigenvalue weighted by Crippen LogP contribution is -2.14. The van der Waals surface area contributed by atoms with Gasteiger partial charge in [0.2, 0.25) is 0 Å². The summed E-state index contributed by atoms with van der Waals surface area (Å²) in [5.74, 6) is 1.01. The van der Waals surface area contributed by atoms with Crippen molar-refractivity contribution < 1.29 is 0 Å². The van der Waals surface area contributed by atoms with Gasteiger partial charge in [0.1, 0.15) is 0 Å². The van der Waals surface area contributed by atoms with Crippen LogP contribution in [-0.2, 0) is 0 Å². The number of aromatic nitrogens is 1. The highest BCUT2D eigenvalue weighted by Crippen LogP contribution is 2.30. The minimum absolute atomic E-state index is 0.0149. The van der Waals surface area contributed by atoms with E-state index >= 15 is 0 Å². The lowest BCUT2D eigenvalue weighted by molar-refractivity contribution is 0.707. The molecule has 84 valence electrons. The molecule has 0 amide bonds. The van der Waals surface area contributed by atoms with Gasteiger partial charge >= 0.3 is 0 Å². The Morgan fingerprint density at radius 3 is 2.07 bits per heavy atom. The molecule has 0 fully saturated rings. The highest BCUT2D eigenvalue weighted by Gasteiger charge is 2.17. The van der Waals surface area contributed by atoms with Crippen LogP contribution in [0.4, 0.5) is 0 Å². The van der Waals surface area contributed by atoms with E-state index in [-0.39, 0.29) is 6.04 Å². The minimum Gasteiger partial charge on any atom is -0.323 e. The average Bonchev–Trinajstić information content (AvgIpc) is 2.16. The molecule has 1 atom stereocenters. The van der Waals surface area contributed by atoms with E-state index in [9.17, 15) is 0 Å². The molecule has 1 aromatic heterocycles. The highest BCUT2D eigenvalue weighted by atomic mass is 14.8. The molecule has 2 N–H and O–H groups in total. The monoisotopic (exact) mass is 206 g/mol. The van der Waals surface area contributed by atoms with Gasteiger partial charge in [-0.1, -0.05) is 27.7 Å². The van der Waals surface area contributed by atoms with Crippen molar-refractivity contribution in [1.82, 2.24) is 4.98 Å². The lowest BCUT2D eigenvalue weighted by Gasteiger charge is -2.20. The van der Waals surface area contributed by atoms with Crippen LogP contribution in [0.25, 0.3) is 0 Å². The molecule has 0 saturated heterocycles. The molecule has 0 bridgehead atoms. The third-order valence-corrected chi connectivity index (χ3v) is 2.69. The molecule has 2 nitrogen and oxygen atoms in total. The van der Waals surface area contributed by atoms with Gasteiger partial charge in [-0.3, -0.25) is 4.98 Å². The van der Waals surface area contributed by atoms with Crippen molar-refractivity contribution in [2.45, 2.75) is 52.5 Å². The molecule has 0 spiro atoms. The zero-order valence-corrected chi connectivity index (χ0v) is 10.4. The van der Waals surface area contributed by atoms with Crippen LogP contribution >= 0.6 is 0 Å². The first kappa shape index (κ1) is 12.2. The molecule has 15 heavy (non-hydrogen) atoms. The van der Waals surface area contributed by atoms with Crippen molar-refractivity contribution in [3.05, 3.63) is 29.1 Å². The first-order valence-corrected chi connectivity index (χ1v) is 5.69. The van der Waals surface area contributed by atoms with Crippen molar-refractivity contribution in [2.24, 2.45) is 5.73 Å². The predicted molar refractivity (Wildman–Crippen MR) is 65.0 cm³/mol. The van der Waals surface area contributed by atoms with Crippen LogP contribution in [0.15, 0.2) is 12.3 Å². The fourth-order valence-corrected chi connectivity index (χ4v) is 2.00. The standard InChI is InChI=1S/C13H22N2/c1-8(2)11-6-7-15-13(10(5)14)12(11)9(3)4/h6-10H,14H2,1-5H3. The van der Waals surface area contributed by atoms with Crippen LogP contribution in [-0.4, -0.2) is 4.98 Å². The highest BCUT2D eigenvalue weighted by molar-refractivity contribution is 5.36. The maximum atomic E-state index is 5.96. The van der Waals surface area contributed by atoms with E-state index in [0.717, 1.165) is 5.69 Å². The average molecular weight is 206 g/mol. The van der Waals surface area contributed by atoms with Crippen LogP contribution in [0.2, 0.25) is 0 Å². The molecule has 0 aliphatic heterocycles. The summed E-state index contributed by atoms with van der Waals surface area (Å²) in [5.41, 5.74) is 9.73. The molecule has 0 aliphatic rings. The van der Waals surface area contributed by atoms with E-state index in [4.69, 9.17) is 5.73 Å². The summed E-state index contributed by atoms with van der Waals surface area (Å²) < 4.78 is 0. The second-order valence-electron chi connectivity index (χ2n) is 4.80. The molecule has 1 rings (SSSR count). The molecule has 1 aromatic rings. The first-order valence-electron chi connectivity index (χ1n) is 5.69. The van der Waals surface area contributed by atoms with E-state index in [0.29, 0.717) is 11.8 Å². The smallest absolute Gasteiger partial charge is 0.0605 e. The Morgan fingerprint density at radius 2 is 1.67 bits per heavy atom. The molecule has 0 saturated carbocycles. The molecule has 0 aromatic carbocycles. The van der Waals surface area contributed by atoms with Gasteiger partial charge < -0.3 is 5.73 Å². The summed E-state index contributed by atoms with van der Waals surface area (Å²) in [6, 6.07) is 2.13. The Bertz CT molecular complexity index is 301. The lowest BCUT2D eigenvalue weighted by atomic mass is 9.88. The van der Waals surface area contributed by atoms with Crippen LogP contribution < -0.4 is 5.73 Å². The maximum absolute atomic E-state index is 5.96. The summed E-state index contributed by atoms with van der Waals surface area (Å²) in [4.78, 5) is 4.42. The molecular formula is C13H22N2. The molecule has 1 unspecified atom stereocenters. The minimum atomic E-state index is 0.0149. The Hall–Kier alpha value is -0.890. The topological polar surface area (TPSA) is 38.9 Å². The summed E-state index contributed by atoms with van der Waals surface area (Å²) in [6.45, 7) is 10.8. The van der Waals surface area contributed by atoms with Gasteiger partial charge in [0, 0.05) is 12.2 Å². The SMILES string of the molecule is CC(C)c1ccnc(C(C)N)c1C(C)C. The Labute approximate surface area is 92.9 Å². The largest absolute Gasteiger partial charge is 0.323 e. The van der Waals surface area contributed by atoms with Gasteiger partial charge in [0.05, 0.1) is 5.69 Å².